The van der Waals surface area contributed by atoms with Crippen LogP contribution in [0.3, 0.4) is 0 Å². The first-order chi connectivity index (χ1) is 9.20. The van der Waals surface area contributed by atoms with E-state index in [-0.39, 0.29) is 6.10 Å². The summed E-state index contributed by atoms with van der Waals surface area (Å²) in [5, 5.41) is 10.4. The maximum absolute atomic E-state index is 5.29. The summed E-state index contributed by atoms with van der Waals surface area (Å²) in [7, 11) is 1.74. The molecule has 1 aromatic carbocycles. The van der Waals surface area contributed by atoms with Crippen molar-refractivity contribution in [1.29, 1.82) is 0 Å². The number of benzene rings is 1. The highest BCUT2D eigenvalue weighted by Gasteiger charge is 2.09. The van der Waals surface area contributed by atoms with Gasteiger partial charge in [0.15, 0.2) is 0 Å². The van der Waals surface area contributed by atoms with E-state index in [0.717, 1.165) is 17.8 Å². The Hall–Kier alpha value is -1.65. The maximum Gasteiger partial charge on any atom is 0.0693 e. The van der Waals surface area contributed by atoms with E-state index in [1.54, 1.807) is 13.3 Å². The molecule has 0 saturated carbocycles. The Morgan fingerprint density at radius 2 is 1.95 bits per heavy atom. The molecular weight excluding hydrogens is 238 g/mol. The molecule has 2 aromatic rings. The third kappa shape index (κ3) is 3.66. The zero-order valence-corrected chi connectivity index (χ0v) is 11.7. The molecule has 102 valence electrons. The largest absolute Gasteiger partial charge is 0.380 e. The van der Waals surface area contributed by atoms with E-state index >= 15 is 0 Å². The van der Waals surface area contributed by atoms with Gasteiger partial charge in [-0.15, -0.1) is 0 Å². The van der Waals surface area contributed by atoms with Gasteiger partial charge in [-0.2, -0.15) is 5.10 Å². The van der Waals surface area contributed by atoms with E-state index in [0.29, 0.717) is 6.04 Å². The van der Waals surface area contributed by atoms with Gasteiger partial charge in [-0.3, -0.25) is 5.10 Å². The smallest absolute Gasteiger partial charge is 0.0693 e. The summed E-state index contributed by atoms with van der Waals surface area (Å²) >= 11 is 0. The van der Waals surface area contributed by atoms with Gasteiger partial charge < -0.3 is 10.1 Å². The lowest BCUT2D eigenvalue weighted by molar-refractivity contribution is 0.0882. The van der Waals surface area contributed by atoms with Gasteiger partial charge in [0.1, 0.15) is 0 Å². The van der Waals surface area contributed by atoms with E-state index < -0.39 is 0 Å². The van der Waals surface area contributed by atoms with Gasteiger partial charge >= 0.3 is 0 Å². The average molecular weight is 259 g/mol. The summed E-state index contributed by atoms with van der Waals surface area (Å²) in [5.41, 5.74) is 3.46. The minimum Gasteiger partial charge on any atom is -0.380 e. The second-order valence-electron chi connectivity index (χ2n) is 4.78. The summed E-state index contributed by atoms with van der Waals surface area (Å²) in [5.74, 6) is 0. The molecule has 2 N–H and O–H groups in total. The minimum atomic E-state index is 0.212. The van der Waals surface area contributed by atoms with Crippen LogP contribution in [0.2, 0.25) is 0 Å². The van der Waals surface area contributed by atoms with E-state index in [2.05, 4.69) is 53.6 Å². The molecule has 4 heteroatoms. The highest BCUT2D eigenvalue weighted by Crippen LogP contribution is 2.16. The Morgan fingerprint density at radius 1 is 1.21 bits per heavy atom. The predicted octanol–water partition coefficient (Wildman–Crippen LogP) is 2.59. The van der Waals surface area contributed by atoms with Crippen LogP contribution in [0.1, 0.15) is 19.4 Å². The molecule has 0 aliphatic carbocycles. The number of aromatic amines is 1. The van der Waals surface area contributed by atoms with Gasteiger partial charge in [-0.1, -0.05) is 24.3 Å². The number of ether oxygens (including phenoxy) is 1. The van der Waals surface area contributed by atoms with Gasteiger partial charge in [-0.25, -0.2) is 0 Å². The highest BCUT2D eigenvalue weighted by atomic mass is 16.5. The topological polar surface area (TPSA) is 49.9 Å². The van der Waals surface area contributed by atoms with E-state index in [9.17, 15) is 0 Å². The van der Waals surface area contributed by atoms with Crippen LogP contribution in [0.25, 0.3) is 11.3 Å². The van der Waals surface area contributed by atoms with Crippen molar-refractivity contribution >= 4 is 0 Å². The Morgan fingerprint density at radius 3 is 2.53 bits per heavy atom. The molecule has 0 aliphatic rings. The molecule has 0 radical (unpaired) electrons. The summed E-state index contributed by atoms with van der Waals surface area (Å²) in [4.78, 5) is 0. The number of methoxy groups -OCH3 is 1. The monoisotopic (exact) mass is 259 g/mol. The van der Waals surface area contributed by atoms with Gasteiger partial charge in [0, 0.05) is 25.9 Å². The Bertz CT molecular complexity index is 479. The summed E-state index contributed by atoms with van der Waals surface area (Å²) in [6, 6.07) is 10.8. The Labute approximate surface area is 114 Å². The SMILES string of the molecule is COC(C)C(C)NCc1ccc(-c2ccn[nH]2)cc1. The first kappa shape index (κ1) is 13.8. The Balaban J connectivity index is 1.92. The van der Waals surface area contributed by atoms with Gasteiger partial charge in [0.2, 0.25) is 0 Å². The lowest BCUT2D eigenvalue weighted by Crippen LogP contribution is -2.36. The zero-order valence-electron chi connectivity index (χ0n) is 11.7. The first-order valence-corrected chi connectivity index (χ1v) is 6.55. The van der Waals surface area contributed by atoms with Crippen LogP contribution in [0.5, 0.6) is 0 Å². The van der Waals surface area contributed by atoms with E-state index in [4.69, 9.17) is 4.74 Å². The Kier molecular flexibility index (Phi) is 4.71. The number of rotatable bonds is 6. The molecule has 1 heterocycles. The second-order valence-corrected chi connectivity index (χ2v) is 4.78. The third-order valence-electron chi connectivity index (χ3n) is 3.47. The predicted molar refractivity (Wildman–Crippen MR) is 76.8 cm³/mol. The van der Waals surface area contributed by atoms with Gasteiger partial charge in [-0.05, 0) is 31.0 Å². The van der Waals surface area contributed by atoms with Crippen molar-refractivity contribution in [2.45, 2.75) is 32.5 Å². The van der Waals surface area contributed by atoms with Crippen molar-refractivity contribution in [2.75, 3.05) is 7.11 Å². The van der Waals surface area contributed by atoms with Crippen molar-refractivity contribution in [3.05, 3.63) is 42.1 Å². The highest BCUT2D eigenvalue weighted by molar-refractivity contribution is 5.58. The van der Waals surface area contributed by atoms with Crippen molar-refractivity contribution in [3.63, 3.8) is 0 Å². The standard InChI is InChI=1S/C15H21N3O/c1-11(12(2)19-3)16-10-13-4-6-14(7-5-13)15-8-9-17-18-15/h4-9,11-12,16H,10H2,1-3H3,(H,17,18). The van der Waals surface area contributed by atoms with Crippen LogP contribution in [0.4, 0.5) is 0 Å². The van der Waals surface area contributed by atoms with Crippen LogP contribution in [-0.2, 0) is 11.3 Å². The summed E-state index contributed by atoms with van der Waals surface area (Å²) < 4.78 is 5.29. The first-order valence-electron chi connectivity index (χ1n) is 6.55. The van der Waals surface area contributed by atoms with Crippen LogP contribution in [0.15, 0.2) is 36.5 Å². The van der Waals surface area contributed by atoms with Crippen LogP contribution >= 0.6 is 0 Å². The van der Waals surface area contributed by atoms with Crippen molar-refractivity contribution in [3.8, 4) is 11.3 Å². The van der Waals surface area contributed by atoms with E-state index in [1.807, 2.05) is 6.07 Å². The van der Waals surface area contributed by atoms with Crippen molar-refractivity contribution in [1.82, 2.24) is 15.5 Å². The van der Waals surface area contributed by atoms with Gasteiger partial charge in [0.05, 0.1) is 11.8 Å². The molecule has 2 rings (SSSR count). The summed E-state index contributed by atoms with van der Waals surface area (Å²) in [6.07, 6.45) is 1.97. The lowest BCUT2D eigenvalue weighted by Gasteiger charge is -2.20. The molecule has 0 aliphatic heterocycles. The maximum atomic E-state index is 5.29. The minimum absolute atomic E-state index is 0.212. The molecule has 4 nitrogen and oxygen atoms in total. The number of nitrogens with one attached hydrogen (secondary N) is 2. The van der Waals surface area contributed by atoms with Crippen molar-refractivity contribution in [2.24, 2.45) is 0 Å². The molecule has 1 aromatic heterocycles. The normalized spacial score (nSPS) is 14.3. The van der Waals surface area contributed by atoms with Crippen LogP contribution in [-0.4, -0.2) is 29.5 Å². The molecule has 0 spiro atoms. The quantitative estimate of drug-likeness (QED) is 0.838. The summed E-state index contributed by atoms with van der Waals surface area (Å²) in [6.45, 7) is 5.05. The molecule has 2 unspecified atom stereocenters. The number of aromatic nitrogens is 2. The average Bonchev–Trinajstić information content (AvgIpc) is 2.98. The number of nitrogens with zero attached hydrogens (tertiary/aromatic N) is 1. The molecule has 0 saturated heterocycles. The van der Waals surface area contributed by atoms with E-state index in [1.165, 1.54) is 5.56 Å². The fourth-order valence-electron chi connectivity index (χ4n) is 1.87. The lowest BCUT2D eigenvalue weighted by atomic mass is 10.1. The molecule has 2 atom stereocenters. The van der Waals surface area contributed by atoms with Crippen LogP contribution in [0, 0.1) is 0 Å². The molecule has 19 heavy (non-hydrogen) atoms. The second kappa shape index (κ2) is 6.50. The fourth-order valence-corrected chi connectivity index (χ4v) is 1.87. The molecule has 0 fully saturated rings. The van der Waals surface area contributed by atoms with Crippen molar-refractivity contribution < 1.29 is 4.74 Å². The number of H-pyrrole nitrogens is 1. The zero-order chi connectivity index (χ0) is 13.7. The van der Waals surface area contributed by atoms with Gasteiger partial charge in [0.25, 0.3) is 0 Å². The third-order valence-corrected chi connectivity index (χ3v) is 3.47. The molecular formula is C15H21N3O. The molecule has 0 amide bonds. The fraction of sp³-hybridized carbons (Fsp3) is 0.400. The van der Waals surface area contributed by atoms with Crippen LogP contribution < -0.4 is 5.32 Å². The number of hydrogen-bond donors (Lipinski definition) is 2. The number of hydrogen-bond acceptors (Lipinski definition) is 3. The molecule has 0 bridgehead atoms.